The lowest BCUT2D eigenvalue weighted by Crippen LogP contribution is -3.00. The van der Waals surface area contributed by atoms with Gasteiger partial charge in [0, 0.05) is 30.2 Å². The number of nitrogens with zero attached hydrogens (tertiary/aromatic N) is 1. The molecule has 0 saturated carbocycles. The third kappa shape index (κ3) is 7.21. The minimum Gasteiger partial charge on any atom is -1.00 e. The van der Waals surface area contributed by atoms with E-state index in [4.69, 9.17) is 23.2 Å². The Labute approximate surface area is 199 Å². The molecule has 1 fully saturated rings. The molecule has 2 aromatic rings. The van der Waals surface area contributed by atoms with Crippen molar-refractivity contribution >= 4 is 52.6 Å². The van der Waals surface area contributed by atoms with E-state index in [0.717, 1.165) is 28.3 Å². The fourth-order valence-electron chi connectivity index (χ4n) is 3.65. The largest absolute Gasteiger partial charge is 1.00 e. The van der Waals surface area contributed by atoms with Crippen molar-refractivity contribution in [2.75, 3.05) is 30.9 Å². The number of carbonyl (C=O) groups is 1. The smallest absolute Gasteiger partial charge is 0.248 e. The first-order valence-corrected chi connectivity index (χ1v) is 11.7. The molecule has 30 heavy (non-hydrogen) atoms. The van der Waals surface area contributed by atoms with E-state index < -0.39 is 0 Å². The van der Waals surface area contributed by atoms with Crippen LogP contribution in [0.25, 0.3) is 6.08 Å². The summed E-state index contributed by atoms with van der Waals surface area (Å²) >= 11 is 14.0. The molecule has 7 heteroatoms. The van der Waals surface area contributed by atoms with E-state index in [1.165, 1.54) is 36.0 Å². The summed E-state index contributed by atoms with van der Waals surface area (Å²) in [4.78, 5) is 12.2. The number of thioether (sulfide) groups is 1. The van der Waals surface area contributed by atoms with Crippen LogP contribution in [0, 0.1) is 0 Å². The second-order valence-corrected chi connectivity index (χ2v) is 10.0. The van der Waals surface area contributed by atoms with Crippen molar-refractivity contribution < 1.29 is 21.7 Å². The van der Waals surface area contributed by atoms with E-state index in [2.05, 4.69) is 43.3 Å². The van der Waals surface area contributed by atoms with Gasteiger partial charge in [-0.2, -0.15) is 11.8 Å². The van der Waals surface area contributed by atoms with Crippen LogP contribution in [0.4, 0.5) is 5.69 Å². The van der Waals surface area contributed by atoms with Crippen LogP contribution in [0.5, 0.6) is 0 Å². The van der Waals surface area contributed by atoms with Gasteiger partial charge in [-0.25, -0.2) is 0 Å². The lowest BCUT2D eigenvalue weighted by atomic mass is 10.1. The summed E-state index contributed by atoms with van der Waals surface area (Å²) in [7, 11) is 4.65. The van der Waals surface area contributed by atoms with E-state index in [9.17, 15) is 4.79 Å². The summed E-state index contributed by atoms with van der Waals surface area (Å²) in [5, 5.41) is 3.87. The van der Waals surface area contributed by atoms with Crippen molar-refractivity contribution in [3.8, 4) is 0 Å². The van der Waals surface area contributed by atoms with Gasteiger partial charge in [0.05, 0.1) is 30.2 Å². The molecule has 2 aromatic carbocycles. The monoisotopic (exact) mass is 484 g/mol. The topological polar surface area (TPSA) is 29.1 Å². The van der Waals surface area contributed by atoms with Crippen LogP contribution in [0.15, 0.2) is 48.5 Å². The third-order valence-corrected chi connectivity index (χ3v) is 7.15. The summed E-state index contributed by atoms with van der Waals surface area (Å²) < 4.78 is 1.01. The lowest BCUT2D eigenvalue weighted by molar-refractivity contribution is -0.928. The Morgan fingerprint density at radius 3 is 2.40 bits per heavy atom. The quantitative estimate of drug-likeness (QED) is 0.503. The average Bonchev–Trinajstić information content (AvgIpc) is 2.71. The number of anilines is 1. The fourth-order valence-corrected chi connectivity index (χ4v) is 5.04. The zero-order valence-electron chi connectivity index (χ0n) is 17.2. The zero-order valence-corrected chi connectivity index (χ0v) is 20.3. The van der Waals surface area contributed by atoms with Crippen molar-refractivity contribution in [3.05, 3.63) is 69.7 Å². The molecule has 1 heterocycles. The summed E-state index contributed by atoms with van der Waals surface area (Å²) in [6.45, 7) is 1.00. The Kier molecular flexibility index (Phi) is 9.58. The van der Waals surface area contributed by atoms with Crippen molar-refractivity contribution in [2.24, 2.45) is 0 Å². The van der Waals surface area contributed by atoms with Crippen LogP contribution in [0.1, 0.15) is 24.0 Å². The molecule has 1 aliphatic rings. The van der Waals surface area contributed by atoms with Gasteiger partial charge in [0.15, 0.2) is 0 Å². The maximum atomic E-state index is 12.2. The van der Waals surface area contributed by atoms with Gasteiger partial charge in [-0.15, -0.1) is 0 Å². The van der Waals surface area contributed by atoms with E-state index in [1.807, 2.05) is 18.2 Å². The van der Waals surface area contributed by atoms with E-state index in [1.54, 1.807) is 18.2 Å². The highest BCUT2D eigenvalue weighted by Gasteiger charge is 2.29. The van der Waals surface area contributed by atoms with Gasteiger partial charge >= 0.3 is 0 Å². The number of halogens is 3. The molecule has 0 spiro atoms. The van der Waals surface area contributed by atoms with Gasteiger partial charge < -0.3 is 22.2 Å². The molecule has 0 aromatic heterocycles. The molecule has 0 aliphatic carbocycles. The van der Waals surface area contributed by atoms with Gasteiger partial charge in [-0.05, 0) is 47.4 Å². The SMILES string of the molecule is C[N+](C)(Cc1ccc(NC(=O)/C=C/c2ccc(Cl)c(Cl)c2)cc1)C1CCSCC1.[Cl-]. The molecule has 0 bridgehead atoms. The predicted octanol–water partition coefficient (Wildman–Crippen LogP) is 3.12. The molecule has 0 radical (unpaired) electrons. The molecule has 1 amide bonds. The predicted molar refractivity (Wildman–Crippen MR) is 127 cm³/mol. The molecule has 0 unspecified atom stereocenters. The Balaban J connectivity index is 0.00000320. The van der Waals surface area contributed by atoms with Gasteiger partial charge in [0.1, 0.15) is 6.54 Å². The molecule has 3 rings (SSSR count). The molecule has 0 atom stereocenters. The molecule has 1 saturated heterocycles. The van der Waals surface area contributed by atoms with Crippen molar-refractivity contribution in [2.45, 2.75) is 25.4 Å². The Morgan fingerprint density at radius 2 is 1.77 bits per heavy atom. The number of amides is 1. The Morgan fingerprint density at radius 1 is 1.10 bits per heavy atom. The summed E-state index contributed by atoms with van der Waals surface area (Å²) in [5.41, 5.74) is 2.90. The highest BCUT2D eigenvalue weighted by atomic mass is 35.5. The second kappa shape index (κ2) is 11.4. The maximum Gasteiger partial charge on any atom is 0.248 e. The number of benzene rings is 2. The number of rotatable bonds is 6. The normalized spacial score (nSPS) is 15.1. The van der Waals surface area contributed by atoms with Crippen LogP contribution < -0.4 is 17.7 Å². The van der Waals surface area contributed by atoms with Crippen molar-refractivity contribution in [1.29, 1.82) is 0 Å². The van der Waals surface area contributed by atoms with Gasteiger partial charge in [0.25, 0.3) is 0 Å². The van der Waals surface area contributed by atoms with Crippen LogP contribution >= 0.6 is 35.0 Å². The van der Waals surface area contributed by atoms with Crippen LogP contribution in [-0.2, 0) is 11.3 Å². The number of quaternary nitrogens is 1. The first kappa shape index (κ1) is 25.1. The number of nitrogens with one attached hydrogen (secondary N) is 1. The molecule has 1 aliphatic heterocycles. The van der Waals surface area contributed by atoms with Crippen LogP contribution in [0.3, 0.4) is 0 Å². The molecule has 1 N–H and O–H groups in total. The third-order valence-electron chi connectivity index (χ3n) is 5.36. The molecule has 162 valence electrons. The van der Waals surface area contributed by atoms with E-state index in [0.29, 0.717) is 10.0 Å². The maximum absolute atomic E-state index is 12.2. The van der Waals surface area contributed by atoms with Gasteiger partial charge in [0.2, 0.25) is 5.91 Å². The van der Waals surface area contributed by atoms with E-state index in [-0.39, 0.29) is 18.3 Å². The second-order valence-electron chi connectivity index (χ2n) is 7.97. The minimum atomic E-state index is -0.181. The Bertz CT molecular complexity index is 879. The molecular weight excluding hydrogens is 459 g/mol. The average molecular weight is 486 g/mol. The first-order valence-electron chi connectivity index (χ1n) is 9.77. The highest BCUT2D eigenvalue weighted by Crippen LogP contribution is 2.27. The zero-order chi connectivity index (χ0) is 20.9. The van der Waals surface area contributed by atoms with Crippen LogP contribution in [0.2, 0.25) is 10.0 Å². The number of hydrogen-bond acceptors (Lipinski definition) is 2. The number of hydrogen-bond donors (Lipinski definition) is 1. The molecular formula is C23H27Cl3N2OS. The van der Waals surface area contributed by atoms with Crippen molar-refractivity contribution in [3.63, 3.8) is 0 Å². The first-order chi connectivity index (χ1) is 13.8. The Hall–Kier alpha value is -1.17. The lowest BCUT2D eigenvalue weighted by Gasteiger charge is -2.40. The number of carbonyl (C=O) groups excluding carboxylic acids is 1. The standard InChI is InChI=1S/C23H26Cl2N2OS.ClH/c1-27(2,20-11-13-29-14-12-20)16-18-3-7-19(8-4-18)26-23(28)10-6-17-5-9-21(24)22(25)15-17;/h3-10,15,20H,11-14,16H2,1-2H3;1H/b10-6+;. The summed E-state index contributed by atoms with van der Waals surface area (Å²) in [6, 6.07) is 14.1. The van der Waals surface area contributed by atoms with Crippen molar-refractivity contribution in [1.82, 2.24) is 0 Å². The summed E-state index contributed by atoms with van der Waals surface area (Å²) in [5.74, 6) is 2.36. The minimum absolute atomic E-state index is 0. The fraction of sp³-hybridized carbons (Fsp3) is 0.348. The van der Waals surface area contributed by atoms with Gasteiger partial charge in [-0.3, -0.25) is 4.79 Å². The molecule has 3 nitrogen and oxygen atoms in total. The van der Waals surface area contributed by atoms with Gasteiger partial charge in [-0.1, -0.05) is 41.4 Å². The highest BCUT2D eigenvalue weighted by molar-refractivity contribution is 7.99. The summed E-state index contributed by atoms with van der Waals surface area (Å²) in [6.07, 6.45) is 5.79. The van der Waals surface area contributed by atoms with Crippen LogP contribution in [-0.4, -0.2) is 42.0 Å². The van der Waals surface area contributed by atoms with E-state index >= 15 is 0 Å².